The fourth-order valence-electron chi connectivity index (χ4n) is 3.58. The Morgan fingerprint density at radius 3 is 2.57 bits per heavy atom. The second-order valence-corrected chi connectivity index (χ2v) is 7.56. The summed E-state index contributed by atoms with van der Waals surface area (Å²) in [6, 6.07) is 10.2. The van der Waals surface area contributed by atoms with Crippen molar-refractivity contribution in [2.75, 3.05) is 25.1 Å². The highest BCUT2D eigenvalue weighted by Crippen LogP contribution is 2.36. The summed E-state index contributed by atoms with van der Waals surface area (Å²) in [6.45, 7) is 7.97. The summed E-state index contributed by atoms with van der Waals surface area (Å²) in [5.74, 6) is 0.631. The number of hydrogen-bond acceptors (Lipinski definition) is 4. The molecule has 0 bridgehead atoms. The third-order valence-electron chi connectivity index (χ3n) is 5.41. The van der Waals surface area contributed by atoms with Gasteiger partial charge >= 0.3 is 0 Å². The number of aromatic nitrogens is 1. The van der Waals surface area contributed by atoms with Crippen LogP contribution in [0, 0.1) is 13.8 Å². The van der Waals surface area contributed by atoms with Crippen molar-refractivity contribution < 1.29 is 14.3 Å². The average Bonchev–Trinajstić information content (AvgIpc) is 2.71. The zero-order valence-electron chi connectivity index (χ0n) is 17.1. The van der Waals surface area contributed by atoms with E-state index in [2.05, 4.69) is 48.4 Å². The van der Waals surface area contributed by atoms with Gasteiger partial charge in [0.2, 0.25) is 11.8 Å². The van der Waals surface area contributed by atoms with Crippen molar-refractivity contribution in [2.24, 2.45) is 0 Å². The first-order valence-corrected chi connectivity index (χ1v) is 10.1. The fraction of sp³-hybridized carbons (Fsp3) is 0.478. The van der Waals surface area contributed by atoms with E-state index in [4.69, 9.17) is 9.47 Å². The molecule has 2 heterocycles. The van der Waals surface area contributed by atoms with Gasteiger partial charge in [0.25, 0.3) is 0 Å². The molecular weight excluding hydrogens is 352 g/mol. The number of rotatable bonds is 7. The van der Waals surface area contributed by atoms with Gasteiger partial charge in [-0.3, -0.25) is 4.79 Å². The maximum Gasteiger partial charge on any atom is 0.235 e. The van der Waals surface area contributed by atoms with Crippen molar-refractivity contribution in [1.82, 2.24) is 4.98 Å². The molecule has 5 nitrogen and oxygen atoms in total. The SMILES string of the molecule is CCCCOc1ncc(NC(=O)C2(c3ccc(C)cc3)CCOCC2)cc1C. The van der Waals surface area contributed by atoms with Crippen LogP contribution in [0.3, 0.4) is 0 Å². The summed E-state index contributed by atoms with van der Waals surface area (Å²) < 4.78 is 11.3. The molecule has 0 aliphatic carbocycles. The number of unbranched alkanes of at least 4 members (excludes halogenated alkanes) is 1. The van der Waals surface area contributed by atoms with E-state index in [9.17, 15) is 4.79 Å². The van der Waals surface area contributed by atoms with Crippen LogP contribution in [-0.2, 0) is 14.9 Å². The summed E-state index contributed by atoms with van der Waals surface area (Å²) in [5.41, 5.74) is 3.28. The Hall–Kier alpha value is -2.40. The Morgan fingerprint density at radius 2 is 1.93 bits per heavy atom. The van der Waals surface area contributed by atoms with E-state index in [0.717, 1.165) is 24.0 Å². The Morgan fingerprint density at radius 1 is 1.21 bits per heavy atom. The quantitative estimate of drug-likeness (QED) is 0.713. The van der Waals surface area contributed by atoms with E-state index in [1.165, 1.54) is 5.56 Å². The van der Waals surface area contributed by atoms with Crippen LogP contribution < -0.4 is 10.1 Å². The second-order valence-electron chi connectivity index (χ2n) is 7.56. The highest BCUT2D eigenvalue weighted by molar-refractivity contribution is 5.99. The molecule has 5 heteroatoms. The van der Waals surface area contributed by atoms with Crippen molar-refractivity contribution in [3.8, 4) is 5.88 Å². The molecule has 0 radical (unpaired) electrons. The number of carbonyl (C=O) groups excluding carboxylic acids is 1. The van der Waals surface area contributed by atoms with Crippen molar-refractivity contribution in [2.45, 2.75) is 51.9 Å². The number of amides is 1. The molecule has 0 spiro atoms. The van der Waals surface area contributed by atoms with E-state index in [1.807, 2.05) is 13.0 Å². The standard InChI is InChI=1S/C23H30N2O3/c1-4-5-12-28-21-18(3)15-20(16-24-21)25-22(26)23(10-13-27-14-11-23)19-8-6-17(2)7-9-19/h6-9,15-16H,4-5,10-14H2,1-3H3,(H,25,26). The first-order valence-electron chi connectivity index (χ1n) is 10.1. The Balaban J connectivity index is 1.79. The zero-order valence-corrected chi connectivity index (χ0v) is 17.1. The Kier molecular flexibility index (Phi) is 6.68. The number of aryl methyl sites for hydroxylation is 2. The van der Waals surface area contributed by atoms with E-state index in [-0.39, 0.29) is 5.91 Å². The fourth-order valence-corrected chi connectivity index (χ4v) is 3.58. The number of pyridine rings is 1. The summed E-state index contributed by atoms with van der Waals surface area (Å²) >= 11 is 0. The average molecular weight is 383 g/mol. The molecule has 1 saturated heterocycles. The van der Waals surface area contributed by atoms with Gasteiger partial charge in [-0.2, -0.15) is 0 Å². The minimum absolute atomic E-state index is 0.000467. The van der Waals surface area contributed by atoms with Crippen LogP contribution in [0.25, 0.3) is 0 Å². The molecule has 1 fully saturated rings. The Bertz CT molecular complexity index is 796. The normalized spacial score (nSPS) is 15.8. The van der Waals surface area contributed by atoms with Gasteiger partial charge < -0.3 is 14.8 Å². The molecule has 1 aromatic carbocycles. The van der Waals surface area contributed by atoms with Crippen molar-refractivity contribution in [3.63, 3.8) is 0 Å². The van der Waals surface area contributed by atoms with Crippen molar-refractivity contribution in [1.29, 1.82) is 0 Å². The van der Waals surface area contributed by atoms with E-state index < -0.39 is 5.41 Å². The number of carbonyl (C=O) groups is 1. The molecular formula is C23H30N2O3. The third kappa shape index (κ3) is 4.53. The highest BCUT2D eigenvalue weighted by atomic mass is 16.5. The molecule has 1 aliphatic heterocycles. The van der Waals surface area contributed by atoms with Crippen LogP contribution in [-0.4, -0.2) is 30.7 Å². The number of hydrogen-bond donors (Lipinski definition) is 1. The summed E-state index contributed by atoms with van der Waals surface area (Å²) in [4.78, 5) is 17.7. The molecule has 0 unspecified atom stereocenters. The minimum Gasteiger partial charge on any atom is -0.477 e. The topological polar surface area (TPSA) is 60.5 Å². The van der Waals surface area contributed by atoms with Crippen LogP contribution in [0.1, 0.15) is 49.3 Å². The minimum atomic E-state index is -0.573. The van der Waals surface area contributed by atoms with Crippen LogP contribution in [0.15, 0.2) is 36.5 Å². The van der Waals surface area contributed by atoms with Gasteiger partial charge in [0, 0.05) is 18.8 Å². The molecule has 0 atom stereocenters. The number of benzene rings is 1. The van der Waals surface area contributed by atoms with Crippen LogP contribution in [0.5, 0.6) is 5.88 Å². The molecule has 3 rings (SSSR count). The third-order valence-corrected chi connectivity index (χ3v) is 5.41. The molecule has 2 aromatic rings. The highest BCUT2D eigenvalue weighted by Gasteiger charge is 2.41. The van der Waals surface area contributed by atoms with E-state index >= 15 is 0 Å². The molecule has 1 aliphatic rings. The molecule has 1 aromatic heterocycles. The molecule has 1 N–H and O–H groups in total. The first kappa shape index (κ1) is 20.3. The number of nitrogens with one attached hydrogen (secondary N) is 1. The van der Waals surface area contributed by atoms with Gasteiger partial charge in [0.05, 0.1) is 23.9 Å². The van der Waals surface area contributed by atoms with E-state index in [0.29, 0.717) is 44.2 Å². The van der Waals surface area contributed by atoms with Crippen molar-refractivity contribution >= 4 is 11.6 Å². The summed E-state index contributed by atoms with van der Waals surface area (Å²) in [6.07, 6.45) is 5.10. The lowest BCUT2D eigenvalue weighted by Gasteiger charge is -2.36. The number of ether oxygens (including phenoxy) is 2. The lowest BCUT2D eigenvalue weighted by atomic mass is 9.73. The second kappa shape index (κ2) is 9.20. The predicted octanol–water partition coefficient (Wildman–Crippen LogP) is 4.56. The smallest absolute Gasteiger partial charge is 0.235 e. The molecule has 0 saturated carbocycles. The van der Waals surface area contributed by atoms with Crippen LogP contribution in [0.2, 0.25) is 0 Å². The maximum atomic E-state index is 13.4. The molecule has 150 valence electrons. The largest absolute Gasteiger partial charge is 0.477 e. The lowest BCUT2D eigenvalue weighted by Crippen LogP contribution is -2.44. The van der Waals surface area contributed by atoms with E-state index in [1.54, 1.807) is 6.20 Å². The van der Waals surface area contributed by atoms with Crippen LogP contribution in [0.4, 0.5) is 5.69 Å². The summed E-state index contributed by atoms with van der Waals surface area (Å²) in [7, 11) is 0. The zero-order chi connectivity index (χ0) is 20.0. The van der Waals surface area contributed by atoms with Gasteiger partial charge in [-0.15, -0.1) is 0 Å². The van der Waals surface area contributed by atoms with Gasteiger partial charge in [-0.05, 0) is 44.7 Å². The predicted molar refractivity (Wildman–Crippen MR) is 111 cm³/mol. The van der Waals surface area contributed by atoms with Crippen molar-refractivity contribution in [3.05, 3.63) is 53.2 Å². The van der Waals surface area contributed by atoms with Gasteiger partial charge in [0.15, 0.2) is 0 Å². The lowest BCUT2D eigenvalue weighted by molar-refractivity contribution is -0.125. The van der Waals surface area contributed by atoms with Gasteiger partial charge in [0.1, 0.15) is 0 Å². The molecule has 28 heavy (non-hydrogen) atoms. The Labute approximate surface area is 167 Å². The molecule has 1 amide bonds. The van der Waals surface area contributed by atoms with Crippen LogP contribution >= 0.6 is 0 Å². The first-order chi connectivity index (χ1) is 13.5. The maximum absolute atomic E-state index is 13.4. The van der Waals surface area contributed by atoms with Gasteiger partial charge in [-0.1, -0.05) is 43.2 Å². The van der Waals surface area contributed by atoms with Gasteiger partial charge in [-0.25, -0.2) is 4.98 Å². The summed E-state index contributed by atoms with van der Waals surface area (Å²) in [5, 5.41) is 3.09. The number of anilines is 1. The number of nitrogens with zero attached hydrogens (tertiary/aromatic N) is 1. The monoisotopic (exact) mass is 382 g/mol.